The van der Waals surface area contributed by atoms with E-state index in [2.05, 4.69) is 37.0 Å². The second kappa shape index (κ2) is 4.74. The third-order valence-corrected chi connectivity index (χ3v) is 4.32. The molecule has 2 rings (SSSR count). The Hall–Kier alpha value is -0.940. The fraction of sp³-hybridized carbons (Fsp3) is 0.167. The van der Waals surface area contributed by atoms with Gasteiger partial charge in [0.05, 0.1) is 21.5 Å². The van der Waals surface area contributed by atoms with Crippen LogP contribution in [0.1, 0.15) is 21.7 Å². The van der Waals surface area contributed by atoms with Gasteiger partial charge in [0.25, 0.3) is 0 Å². The Morgan fingerprint density at radius 1 is 1.29 bits per heavy atom. The first-order valence-electron chi connectivity index (χ1n) is 5.01. The first kappa shape index (κ1) is 12.5. The number of aromatic nitrogens is 2. The predicted molar refractivity (Wildman–Crippen MR) is 73.8 cm³/mol. The van der Waals surface area contributed by atoms with Gasteiger partial charge in [-0.1, -0.05) is 0 Å². The van der Waals surface area contributed by atoms with Crippen LogP contribution in [0.25, 0.3) is 5.69 Å². The molecule has 1 aromatic heterocycles. The summed E-state index contributed by atoms with van der Waals surface area (Å²) in [4.78, 5) is 10.7. The zero-order valence-electron chi connectivity index (χ0n) is 9.37. The number of rotatable bonds is 2. The highest BCUT2D eigenvalue weighted by Gasteiger charge is 2.12. The van der Waals surface area contributed by atoms with Crippen molar-refractivity contribution in [1.82, 2.24) is 9.78 Å². The SMILES string of the molecule is Cc1nn(-c2ccc(C=O)cc2Br)c(C)c1Br. The van der Waals surface area contributed by atoms with Gasteiger partial charge in [-0.3, -0.25) is 4.79 Å². The fourth-order valence-electron chi connectivity index (χ4n) is 1.63. The minimum absolute atomic E-state index is 0.640. The van der Waals surface area contributed by atoms with Crippen molar-refractivity contribution in [3.63, 3.8) is 0 Å². The predicted octanol–water partition coefficient (Wildman–Crippen LogP) is 3.83. The molecule has 5 heteroatoms. The number of halogens is 2. The molecule has 1 aromatic carbocycles. The molecule has 0 spiro atoms. The number of carbonyl (C=O) groups excluding carboxylic acids is 1. The maximum absolute atomic E-state index is 10.7. The molecular formula is C12H10Br2N2O. The number of aryl methyl sites for hydroxylation is 1. The van der Waals surface area contributed by atoms with E-state index in [1.165, 1.54) is 0 Å². The van der Waals surface area contributed by atoms with Crippen LogP contribution in [-0.4, -0.2) is 16.1 Å². The lowest BCUT2D eigenvalue weighted by atomic mass is 10.2. The Balaban J connectivity index is 2.60. The van der Waals surface area contributed by atoms with Gasteiger partial charge in [-0.15, -0.1) is 0 Å². The molecule has 0 aliphatic carbocycles. The lowest BCUT2D eigenvalue weighted by Gasteiger charge is -2.07. The molecule has 2 aromatic rings. The Labute approximate surface area is 116 Å². The zero-order valence-corrected chi connectivity index (χ0v) is 12.5. The van der Waals surface area contributed by atoms with Crippen molar-refractivity contribution in [2.75, 3.05) is 0 Å². The van der Waals surface area contributed by atoms with Crippen LogP contribution in [0.4, 0.5) is 0 Å². The highest BCUT2D eigenvalue weighted by atomic mass is 79.9. The van der Waals surface area contributed by atoms with Crippen molar-refractivity contribution in [2.24, 2.45) is 0 Å². The zero-order chi connectivity index (χ0) is 12.6. The highest BCUT2D eigenvalue weighted by Crippen LogP contribution is 2.27. The van der Waals surface area contributed by atoms with E-state index >= 15 is 0 Å². The van der Waals surface area contributed by atoms with Crippen molar-refractivity contribution < 1.29 is 4.79 Å². The van der Waals surface area contributed by atoms with Crippen LogP contribution in [-0.2, 0) is 0 Å². The maximum atomic E-state index is 10.7. The monoisotopic (exact) mass is 356 g/mol. The van der Waals surface area contributed by atoms with Crippen molar-refractivity contribution in [3.05, 3.63) is 44.1 Å². The molecule has 0 N–H and O–H groups in total. The van der Waals surface area contributed by atoms with Gasteiger partial charge in [0.1, 0.15) is 6.29 Å². The average molecular weight is 358 g/mol. The van der Waals surface area contributed by atoms with Gasteiger partial charge >= 0.3 is 0 Å². The standard InChI is InChI=1S/C12H10Br2N2O/c1-7-12(14)8(2)16(15-7)11-4-3-9(6-17)5-10(11)13/h3-6H,1-2H3. The number of hydrogen-bond donors (Lipinski definition) is 0. The third-order valence-electron chi connectivity index (χ3n) is 2.54. The normalized spacial score (nSPS) is 10.6. The first-order valence-corrected chi connectivity index (χ1v) is 6.60. The first-order chi connectivity index (χ1) is 8.04. The van der Waals surface area contributed by atoms with Crippen molar-refractivity contribution in [2.45, 2.75) is 13.8 Å². The summed E-state index contributed by atoms with van der Waals surface area (Å²) in [7, 11) is 0. The quantitative estimate of drug-likeness (QED) is 0.765. The Morgan fingerprint density at radius 2 is 2.00 bits per heavy atom. The second-order valence-corrected chi connectivity index (χ2v) is 5.37. The molecule has 1 heterocycles. The van der Waals surface area contributed by atoms with E-state index in [0.717, 1.165) is 32.3 Å². The summed E-state index contributed by atoms with van der Waals surface area (Å²) in [5, 5.41) is 4.45. The lowest BCUT2D eigenvalue weighted by molar-refractivity contribution is 0.112. The van der Waals surface area contributed by atoms with Gasteiger partial charge in [-0.05, 0) is 63.9 Å². The van der Waals surface area contributed by atoms with E-state index in [1.807, 2.05) is 24.6 Å². The van der Waals surface area contributed by atoms with Gasteiger partial charge in [0.15, 0.2) is 0 Å². The summed E-state index contributed by atoms with van der Waals surface area (Å²) in [6.45, 7) is 3.94. The molecule has 0 aliphatic rings. The number of aldehydes is 1. The fourth-order valence-corrected chi connectivity index (χ4v) is 2.44. The van der Waals surface area contributed by atoms with Gasteiger partial charge in [-0.25, -0.2) is 4.68 Å². The van der Waals surface area contributed by atoms with Crippen molar-refractivity contribution in [1.29, 1.82) is 0 Å². The molecule has 0 saturated carbocycles. The third kappa shape index (κ3) is 2.21. The number of benzene rings is 1. The topological polar surface area (TPSA) is 34.9 Å². The van der Waals surface area contributed by atoms with E-state index in [1.54, 1.807) is 12.1 Å². The van der Waals surface area contributed by atoms with Gasteiger partial charge in [-0.2, -0.15) is 5.10 Å². The minimum Gasteiger partial charge on any atom is -0.298 e. The lowest BCUT2D eigenvalue weighted by Crippen LogP contribution is -2.00. The summed E-state index contributed by atoms with van der Waals surface area (Å²) < 4.78 is 3.70. The molecule has 0 amide bonds. The summed E-state index contributed by atoms with van der Waals surface area (Å²) >= 11 is 6.95. The largest absolute Gasteiger partial charge is 0.298 e. The van der Waals surface area contributed by atoms with Crippen LogP contribution in [0.3, 0.4) is 0 Å². The van der Waals surface area contributed by atoms with Crippen LogP contribution in [0.15, 0.2) is 27.1 Å². The van der Waals surface area contributed by atoms with Crippen molar-refractivity contribution >= 4 is 38.1 Å². The molecule has 0 atom stereocenters. The van der Waals surface area contributed by atoms with E-state index in [0.29, 0.717) is 5.56 Å². The summed E-state index contributed by atoms with van der Waals surface area (Å²) in [5.41, 5.74) is 3.53. The van der Waals surface area contributed by atoms with Crippen LogP contribution < -0.4 is 0 Å². The van der Waals surface area contributed by atoms with Crippen LogP contribution >= 0.6 is 31.9 Å². The van der Waals surface area contributed by atoms with E-state index in [4.69, 9.17) is 0 Å². The number of carbonyl (C=O) groups is 1. The molecule has 0 saturated heterocycles. The number of nitrogens with zero attached hydrogens (tertiary/aromatic N) is 2. The smallest absolute Gasteiger partial charge is 0.150 e. The molecule has 17 heavy (non-hydrogen) atoms. The summed E-state index contributed by atoms with van der Waals surface area (Å²) in [6.07, 6.45) is 0.825. The molecule has 3 nitrogen and oxygen atoms in total. The molecule has 0 radical (unpaired) electrons. The Kier molecular flexibility index (Phi) is 3.49. The van der Waals surface area contributed by atoms with E-state index < -0.39 is 0 Å². The highest BCUT2D eigenvalue weighted by molar-refractivity contribution is 9.11. The second-order valence-electron chi connectivity index (χ2n) is 3.73. The van der Waals surface area contributed by atoms with Gasteiger partial charge in [0, 0.05) is 10.0 Å². The number of hydrogen-bond acceptors (Lipinski definition) is 2. The molecule has 0 bridgehead atoms. The van der Waals surface area contributed by atoms with Crippen molar-refractivity contribution in [3.8, 4) is 5.69 Å². The molecule has 0 unspecified atom stereocenters. The molecule has 0 aliphatic heterocycles. The minimum atomic E-state index is 0.640. The molecule has 88 valence electrons. The van der Waals surface area contributed by atoms with Crippen LogP contribution in [0.5, 0.6) is 0 Å². The molecule has 0 fully saturated rings. The van der Waals surface area contributed by atoms with Gasteiger partial charge in [0.2, 0.25) is 0 Å². The van der Waals surface area contributed by atoms with E-state index in [-0.39, 0.29) is 0 Å². The summed E-state index contributed by atoms with van der Waals surface area (Å²) in [5.74, 6) is 0. The van der Waals surface area contributed by atoms with E-state index in [9.17, 15) is 4.79 Å². The Morgan fingerprint density at radius 3 is 2.47 bits per heavy atom. The van der Waals surface area contributed by atoms with Crippen LogP contribution in [0, 0.1) is 13.8 Å². The van der Waals surface area contributed by atoms with Crippen LogP contribution in [0.2, 0.25) is 0 Å². The Bertz CT molecular complexity index is 590. The van der Waals surface area contributed by atoms with Gasteiger partial charge < -0.3 is 0 Å². The maximum Gasteiger partial charge on any atom is 0.150 e. The average Bonchev–Trinajstić information content (AvgIpc) is 2.57. The summed E-state index contributed by atoms with van der Waals surface area (Å²) in [6, 6.07) is 5.43. The molecular weight excluding hydrogens is 348 g/mol.